The molecule has 4 heterocycles. The molecular formula is C10H5N5S. The molecule has 1 N–H and O–H groups in total. The number of nitrogens with one attached hydrogen (secondary N) is 1. The molecule has 0 fully saturated rings. The quantitative estimate of drug-likeness (QED) is 0.499. The summed E-state index contributed by atoms with van der Waals surface area (Å²) in [6, 6.07) is 0. The van der Waals surface area contributed by atoms with Crippen LogP contribution in [0, 0.1) is 0 Å². The Labute approximate surface area is 93.2 Å². The van der Waals surface area contributed by atoms with Crippen molar-refractivity contribution in [2.24, 2.45) is 0 Å². The maximum Gasteiger partial charge on any atom is 0.164 e. The van der Waals surface area contributed by atoms with Crippen LogP contribution in [-0.2, 0) is 0 Å². The number of aromatic amines is 1. The van der Waals surface area contributed by atoms with Gasteiger partial charge in [0.05, 0.1) is 21.9 Å². The minimum absolute atomic E-state index is 0.753. The van der Waals surface area contributed by atoms with E-state index in [1.54, 1.807) is 23.9 Å². The summed E-state index contributed by atoms with van der Waals surface area (Å²) in [7, 11) is 0. The summed E-state index contributed by atoms with van der Waals surface area (Å²) >= 11 is 1.61. The van der Waals surface area contributed by atoms with Gasteiger partial charge in [-0.3, -0.25) is 0 Å². The monoisotopic (exact) mass is 227 g/mol. The van der Waals surface area contributed by atoms with Crippen molar-refractivity contribution in [2.45, 2.75) is 0 Å². The molecular weight excluding hydrogens is 222 g/mol. The second-order valence-corrected chi connectivity index (χ2v) is 4.48. The SMILES string of the molecule is c1ncc2c(n1)nc1sc3cnc[nH]c3c12. The lowest BCUT2D eigenvalue weighted by atomic mass is 10.3. The van der Waals surface area contributed by atoms with Crippen LogP contribution in [-0.4, -0.2) is 24.9 Å². The van der Waals surface area contributed by atoms with E-state index in [-0.39, 0.29) is 0 Å². The number of hydrogen-bond acceptors (Lipinski definition) is 5. The predicted molar refractivity (Wildman–Crippen MR) is 62.4 cm³/mol. The molecule has 0 aliphatic carbocycles. The number of rotatable bonds is 0. The van der Waals surface area contributed by atoms with E-state index in [2.05, 4.69) is 24.9 Å². The van der Waals surface area contributed by atoms with Gasteiger partial charge in [-0.15, -0.1) is 11.3 Å². The standard InChI is InChI=1S/C10H5N5S/c1-5-7-8-6(2-12-3-13-8)16-10(7)15-9(5)14-4-11-1/h1-4H,(H,12,13). The highest BCUT2D eigenvalue weighted by Gasteiger charge is 2.13. The molecule has 0 aromatic carbocycles. The van der Waals surface area contributed by atoms with E-state index < -0.39 is 0 Å². The fourth-order valence-electron chi connectivity index (χ4n) is 1.89. The molecule has 16 heavy (non-hydrogen) atoms. The van der Waals surface area contributed by atoms with Gasteiger partial charge in [0.25, 0.3) is 0 Å². The summed E-state index contributed by atoms with van der Waals surface area (Å²) in [5.41, 5.74) is 1.82. The molecule has 0 bridgehead atoms. The topological polar surface area (TPSA) is 67.3 Å². The van der Waals surface area contributed by atoms with E-state index in [9.17, 15) is 0 Å². The fourth-order valence-corrected chi connectivity index (χ4v) is 2.92. The molecule has 0 aliphatic rings. The van der Waals surface area contributed by atoms with Gasteiger partial charge < -0.3 is 4.98 Å². The molecule has 4 aromatic heterocycles. The first-order valence-electron chi connectivity index (χ1n) is 4.74. The third-order valence-electron chi connectivity index (χ3n) is 2.56. The summed E-state index contributed by atoms with van der Waals surface area (Å²) in [5, 5.41) is 2.09. The Morgan fingerprint density at radius 2 is 2.19 bits per heavy atom. The average molecular weight is 227 g/mol. The zero-order chi connectivity index (χ0) is 10.5. The Kier molecular flexibility index (Phi) is 1.39. The van der Waals surface area contributed by atoms with Crippen molar-refractivity contribution in [3.05, 3.63) is 25.0 Å². The summed E-state index contributed by atoms with van der Waals surface area (Å²) < 4.78 is 1.10. The van der Waals surface area contributed by atoms with Gasteiger partial charge in [0, 0.05) is 17.8 Å². The van der Waals surface area contributed by atoms with E-state index >= 15 is 0 Å². The Balaban J connectivity index is 2.38. The largest absolute Gasteiger partial charge is 0.345 e. The van der Waals surface area contributed by atoms with Crippen molar-refractivity contribution >= 4 is 42.8 Å². The minimum Gasteiger partial charge on any atom is -0.345 e. The summed E-state index contributed by atoms with van der Waals surface area (Å²) in [6.07, 6.45) is 6.84. The summed E-state index contributed by atoms with van der Waals surface area (Å²) in [4.78, 5) is 20.9. The zero-order valence-electron chi connectivity index (χ0n) is 8.01. The van der Waals surface area contributed by atoms with Gasteiger partial charge in [-0.05, 0) is 0 Å². The van der Waals surface area contributed by atoms with Crippen LogP contribution in [0.2, 0.25) is 0 Å². The lowest BCUT2D eigenvalue weighted by Gasteiger charge is -1.90. The molecule has 0 atom stereocenters. The van der Waals surface area contributed by atoms with E-state index in [1.165, 1.54) is 6.33 Å². The highest BCUT2D eigenvalue weighted by atomic mass is 32.1. The third-order valence-corrected chi connectivity index (χ3v) is 3.58. The van der Waals surface area contributed by atoms with Crippen LogP contribution < -0.4 is 0 Å². The van der Waals surface area contributed by atoms with Gasteiger partial charge >= 0.3 is 0 Å². The minimum atomic E-state index is 0.753. The number of H-pyrrole nitrogens is 1. The van der Waals surface area contributed by atoms with Crippen molar-refractivity contribution in [3.63, 3.8) is 0 Å². The van der Waals surface area contributed by atoms with Gasteiger partial charge in [-0.25, -0.2) is 19.9 Å². The molecule has 0 saturated carbocycles. The van der Waals surface area contributed by atoms with Gasteiger partial charge in [0.15, 0.2) is 5.65 Å². The second-order valence-electron chi connectivity index (χ2n) is 3.44. The Hall–Kier alpha value is -2.08. The first-order valence-corrected chi connectivity index (χ1v) is 5.55. The van der Waals surface area contributed by atoms with Gasteiger partial charge in [-0.2, -0.15) is 0 Å². The van der Waals surface area contributed by atoms with Crippen LogP contribution in [0.1, 0.15) is 0 Å². The molecule has 0 unspecified atom stereocenters. The molecule has 0 amide bonds. The normalized spacial score (nSPS) is 11.8. The molecule has 4 rings (SSSR count). The van der Waals surface area contributed by atoms with Crippen LogP contribution in [0.4, 0.5) is 0 Å². The smallest absolute Gasteiger partial charge is 0.164 e. The molecule has 76 valence electrons. The van der Waals surface area contributed by atoms with Crippen molar-refractivity contribution < 1.29 is 0 Å². The van der Waals surface area contributed by atoms with Gasteiger partial charge in [-0.1, -0.05) is 0 Å². The molecule has 0 spiro atoms. The Morgan fingerprint density at radius 3 is 3.19 bits per heavy atom. The maximum absolute atomic E-state index is 4.47. The fraction of sp³-hybridized carbons (Fsp3) is 0. The summed E-state index contributed by atoms with van der Waals surface area (Å²) in [6.45, 7) is 0. The highest BCUT2D eigenvalue weighted by Crippen LogP contribution is 2.35. The first kappa shape index (κ1) is 8.12. The molecule has 6 heteroatoms. The number of hydrogen-bond donors (Lipinski definition) is 1. The number of aromatic nitrogens is 5. The Bertz CT molecular complexity index is 750. The van der Waals surface area contributed by atoms with Gasteiger partial charge in [0.2, 0.25) is 0 Å². The molecule has 0 saturated heterocycles. The van der Waals surface area contributed by atoms with E-state index in [0.29, 0.717) is 0 Å². The predicted octanol–water partition coefficient (Wildman–Crippen LogP) is 2.12. The van der Waals surface area contributed by atoms with Crippen LogP contribution in [0.15, 0.2) is 25.0 Å². The summed E-state index contributed by atoms with van der Waals surface area (Å²) in [5.74, 6) is 0. The number of fused-ring (bicyclic) bond motifs is 5. The molecule has 4 aromatic rings. The Morgan fingerprint density at radius 1 is 1.19 bits per heavy atom. The van der Waals surface area contributed by atoms with E-state index in [4.69, 9.17) is 0 Å². The molecule has 5 nitrogen and oxygen atoms in total. The van der Waals surface area contributed by atoms with Crippen LogP contribution in [0.3, 0.4) is 0 Å². The second kappa shape index (κ2) is 2.73. The van der Waals surface area contributed by atoms with Gasteiger partial charge in [0.1, 0.15) is 11.2 Å². The van der Waals surface area contributed by atoms with Crippen molar-refractivity contribution in [1.29, 1.82) is 0 Å². The third kappa shape index (κ3) is 0.892. The maximum atomic E-state index is 4.47. The van der Waals surface area contributed by atoms with Crippen LogP contribution >= 0.6 is 11.3 Å². The number of thiophene rings is 1. The molecule has 0 aliphatic heterocycles. The van der Waals surface area contributed by atoms with Crippen molar-refractivity contribution in [3.8, 4) is 0 Å². The van der Waals surface area contributed by atoms with Crippen LogP contribution in [0.25, 0.3) is 31.5 Å². The van der Waals surface area contributed by atoms with E-state index in [1.807, 2.05) is 6.20 Å². The highest BCUT2D eigenvalue weighted by molar-refractivity contribution is 7.25. The van der Waals surface area contributed by atoms with Crippen molar-refractivity contribution in [2.75, 3.05) is 0 Å². The number of nitrogens with zero attached hydrogens (tertiary/aromatic N) is 4. The molecule has 0 radical (unpaired) electrons. The average Bonchev–Trinajstić information content (AvgIpc) is 2.83. The lowest BCUT2D eigenvalue weighted by molar-refractivity contribution is 1.21. The lowest BCUT2D eigenvalue weighted by Crippen LogP contribution is -1.78. The zero-order valence-corrected chi connectivity index (χ0v) is 8.82. The van der Waals surface area contributed by atoms with Crippen molar-refractivity contribution in [1.82, 2.24) is 24.9 Å². The van der Waals surface area contributed by atoms with Crippen LogP contribution in [0.5, 0.6) is 0 Å². The first-order chi connectivity index (χ1) is 7.93. The van der Waals surface area contributed by atoms with E-state index in [0.717, 1.165) is 31.5 Å².